The second-order valence-electron chi connectivity index (χ2n) is 1.41. The van der Waals surface area contributed by atoms with Crippen molar-refractivity contribution in [1.29, 1.82) is 0 Å². The van der Waals surface area contributed by atoms with Crippen LogP contribution in [-0.2, 0) is 4.74 Å². The number of rotatable bonds is 2. The molecule has 0 N–H and O–H groups in total. The maximum Gasteiger partial charge on any atom is 0.323 e. The van der Waals surface area contributed by atoms with Gasteiger partial charge in [-0.15, -0.1) is 0 Å². The minimum Gasteiger partial charge on any atom is -0.454 e. The van der Waals surface area contributed by atoms with Gasteiger partial charge in [0.15, 0.2) is 0 Å². The smallest absolute Gasteiger partial charge is 0.323 e. The molecule has 0 atom stereocenters. The minimum absolute atomic E-state index is 0.994. The van der Waals surface area contributed by atoms with Gasteiger partial charge in [-0.05, 0) is 6.92 Å². The van der Waals surface area contributed by atoms with E-state index >= 15 is 0 Å². The van der Waals surface area contributed by atoms with Gasteiger partial charge in [0.05, 0.1) is 7.11 Å². The SMILES string of the molecule is CC/[N+](C)=C/OC. The van der Waals surface area contributed by atoms with Crippen LogP contribution in [0.1, 0.15) is 6.92 Å². The minimum atomic E-state index is 0.994. The van der Waals surface area contributed by atoms with E-state index in [1.54, 1.807) is 13.5 Å². The van der Waals surface area contributed by atoms with Crippen LogP contribution in [0.3, 0.4) is 0 Å². The van der Waals surface area contributed by atoms with Crippen LogP contribution in [-0.4, -0.2) is 31.7 Å². The molecule has 0 spiro atoms. The number of nitrogens with zero attached hydrogens (tertiary/aromatic N) is 1. The van der Waals surface area contributed by atoms with E-state index in [1.165, 1.54) is 0 Å². The van der Waals surface area contributed by atoms with Gasteiger partial charge < -0.3 is 4.74 Å². The van der Waals surface area contributed by atoms with E-state index in [0.717, 1.165) is 6.54 Å². The molecule has 0 amide bonds. The molecule has 42 valence electrons. The van der Waals surface area contributed by atoms with Crippen molar-refractivity contribution in [1.82, 2.24) is 0 Å². The first kappa shape index (κ1) is 6.47. The lowest BCUT2D eigenvalue weighted by Gasteiger charge is -1.86. The van der Waals surface area contributed by atoms with Crippen molar-refractivity contribution < 1.29 is 9.31 Å². The van der Waals surface area contributed by atoms with Gasteiger partial charge in [0, 0.05) is 0 Å². The molecule has 0 aliphatic heterocycles. The molecular weight excluding hydrogens is 90.1 g/mol. The van der Waals surface area contributed by atoms with E-state index in [-0.39, 0.29) is 0 Å². The van der Waals surface area contributed by atoms with Gasteiger partial charge in [0.2, 0.25) is 0 Å². The van der Waals surface area contributed by atoms with Gasteiger partial charge in [0.1, 0.15) is 13.6 Å². The predicted molar refractivity (Wildman–Crippen MR) is 29.8 cm³/mol. The summed E-state index contributed by atoms with van der Waals surface area (Å²) in [6.45, 7) is 3.06. The molecule has 2 nitrogen and oxygen atoms in total. The first-order valence-corrected chi connectivity index (χ1v) is 2.37. The Balaban J connectivity index is 3.29. The van der Waals surface area contributed by atoms with E-state index in [9.17, 15) is 0 Å². The molecule has 0 fully saturated rings. The summed E-state index contributed by atoms with van der Waals surface area (Å²) in [6, 6.07) is 0. The number of ether oxygens (including phenoxy) is 1. The summed E-state index contributed by atoms with van der Waals surface area (Å²) in [6.07, 6.45) is 1.68. The zero-order valence-electron chi connectivity index (χ0n) is 5.14. The quantitative estimate of drug-likeness (QED) is 0.278. The third kappa shape index (κ3) is 3.30. The molecular formula is C5H12NO+. The fourth-order valence-electron chi connectivity index (χ4n) is 0.254. The standard InChI is InChI=1S/C5H12NO/c1-4-6(2)5-7-3/h5H,4H2,1-3H3/q+1/b6-5+. The number of hydrogen-bond acceptors (Lipinski definition) is 1. The summed E-state index contributed by atoms with van der Waals surface area (Å²) >= 11 is 0. The van der Waals surface area contributed by atoms with Gasteiger partial charge in [-0.1, -0.05) is 0 Å². The normalized spacial score (nSPS) is 11.6. The lowest BCUT2D eigenvalue weighted by Crippen LogP contribution is -2.05. The van der Waals surface area contributed by atoms with Crippen LogP contribution in [0.4, 0.5) is 0 Å². The molecule has 0 aromatic carbocycles. The Labute approximate surface area is 44.4 Å². The van der Waals surface area contributed by atoms with E-state index in [0.29, 0.717) is 0 Å². The van der Waals surface area contributed by atoms with Crippen molar-refractivity contribution in [3.63, 3.8) is 0 Å². The largest absolute Gasteiger partial charge is 0.454 e. The van der Waals surface area contributed by atoms with Crippen LogP contribution in [0.15, 0.2) is 0 Å². The third-order valence-electron chi connectivity index (χ3n) is 0.784. The molecule has 0 aromatic heterocycles. The summed E-state index contributed by atoms with van der Waals surface area (Å²) < 4.78 is 6.65. The molecule has 0 saturated carbocycles. The molecule has 0 aliphatic carbocycles. The Bertz CT molecular complexity index is 68.5. The summed E-state index contributed by atoms with van der Waals surface area (Å²) in [5.74, 6) is 0. The molecule has 0 unspecified atom stereocenters. The highest BCUT2D eigenvalue weighted by Crippen LogP contribution is 1.61. The molecule has 0 heterocycles. The number of hydrogen-bond donors (Lipinski definition) is 0. The topological polar surface area (TPSA) is 12.2 Å². The van der Waals surface area contributed by atoms with Crippen molar-refractivity contribution in [3.8, 4) is 0 Å². The molecule has 0 saturated heterocycles. The molecule has 0 radical (unpaired) electrons. The lowest BCUT2D eigenvalue weighted by molar-refractivity contribution is -0.496. The first-order chi connectivity index (χ1) is 3.31. The summed E-state index contributed by atoms with van der Waals surface area (Å²) in [4.78, 5) is 0. The number of methoxy groups -OCH3 is 1. The van der Waals surface area contributed by atoms with Crippen LogP contribution < -0.4 is 0 Å². The van der Waals surface area contributed by atoms with Crippen molar-refractivity contribution in [2.24, 2.45) is 0 Å². The van der Waals surface area contributed by atoms with Gasteiger partial charge in [0.25, 0.3) is 0 Å². The molecule has 0 aromatic rings. The van der Waals surface area contributed by atoms with E-state index in [1.807, 2.05) is 11.6 Å². The highest BCUT2D eigenvalue weighted by molar-refractivity contribution is 5.38. The molecule has 7 heavy (non-hydrogen) atoms. The van der Waals surface area contributed by atoms with Crippen LogP contribution in [0.2, 0.25) is 0 Å². The Kier molecular flexibility index (Phi) is 3.38. The van der Waals surface area contributed by atoms with Crippen LogP contribution in [0.25, 0.3) is 0 Å². The summed E-state index contributed by atoms with van der Waals surface area (Å²) in [5.41, 5.74) is 0. The summed E-state index contributed by atoms with van der Waals surface area (Å²) in [5, 5.41) is 0. The predicted octanol–water partition coefficient (Wildman–Crippen LogP) is 0.323. The van der Waals surface area contributed by atoms with Crippen molar-refractivity contribution in [2.45, 2.75) is 6.92 Å². The van der Waals surface area contributed by atoms with Crippen molar-refractivity contribution in [3.05, 3.63) is 0 Å². The van der Waals surface area contributed by atoms with Crippen molar-refractivity contribution in [2.75, 3.05) is 20.7 Å². The Morgan fingerprint density at radius 2 is 2.29 bits per heavy atom. The van der Waals surface area contributed by atoms with Crippen LogP contribution in [0, 0.1) is 0 Å². The van der Waals surface area contributed by atoms with Crippen LogP contribution >= 0.6 is 0 Å². The highest BCUT2D eigenvalue weighted by Gasteiger charge is 1.82. The zero-order chi connectivity index (χ0) is 5.70. The van der Waals surface area contributed by atoms with E-state index in [2.05, 4.69) is 6.92 Å². The maximum absolute atomic E-state index is 4.70. The van der Waals surface area contributed by atoms with Gasteiger partial charge >= 0.3 is 6.40 Å². The lowest BCUT2D eigenvalue weighted by atomic mass is 10.7. The monoisotopic (exact) mass is 102 g/mol. The molecule has 0 rings (SSSR count). The Hall–Kier alpha value is -0.530. The molecule has 0 bridgehead atoms. The van der Waals surface area contributed by atoms with Gasteiger partial charge in [-0.3, -0.25) is 0 Å². The maximum atomic E-state index is 4.70. The second kappa shape index (κ2) is 3.65. The fourth-order valence-corrected chi connectivity index (χ4v) is 0.254. The average Bonchev–Trinajstić information content (AvgIpc) is 1.68. The van der Waals surface area contributed by atoms with Crippen LogP contribution in [0.5, 0.6) is 0 Å². The second-order valence-corrected chi connectivity index (χ2v) is 1.41. The average molecular weight is 102 g/mol. The fraction of sp³-hybridized carbons (Fsp3) is 0.800. The first-order valence-electron chi connectivity index (χ1n) is 2.37. The molecule has 0 aliphatic rings. The van der Waals surface area contributed by atoms with Crippen molar-refractivity contribution >= 4 is 6.40 Å². The van der Waals surface area contributed by atoms with Gasteiger partial charge in [-0.2, -0.15) is 0 Å². The third-order valence-corrected chi connectivity index (χ3v) is 0.784. The van der Waals surface area contributed by atoms with E-state index < -0.39 is 0 Å². The zero-order valence-corrected chi connectivity index (χ0v) is 5.14. The highest BCUT2D eigenvalue weighted by atomic mass is 16.5. The van der Waals surface area contributed by atoms with Gasteiger partial charge in [-0.25, -0.2) is 4.58 Å². The summed E-state index contributed by atoms with van der Waals surface area (Å²) in [7, 11) is 3.61. The molecule has 2 heteroatoms. The Morgan fingerprint density at radius 3 is 2.43 bits per heavy atom. The Morgan fingerprint density at radius 1 is 1.71 bits per heavy atom. The van der Waals surface area contributed by atoms with E-state index in [4.69, 9.17) is 4.74 Å².